The molecule has 1 N–H and O–H groups in total. The molecule has 0 saturated carbocycles. The number of carbonyl (C=O) groups excluding carboxylic acids is 2. The van der Waals surface area contributed by atoms with Gasteiger partial charge in [-0.1, -0.05) is 42.5 Å². The molecule has 0 aliphatic carbocycles. The Morgan fingerprint density at radius 3 is 2.62 bits per heavy atom. The first-order chi connectivity index (χ1) is 16.4. The molecule has 34 heavy (non-hydrogen) atoms. The number of benzene rings is 2. The quantitative estimate of drug-likeness (QED) is 0.474. The van der Waals surface area contributed by atoms with Crippen LogP contribution in [0, 0.1) is 0 Å². The first-order valence-electron chi connectivity index (χ1n) is 10.6. The summed E-state index contributed by atoms with van der Waals surface area (Å²) in [6, 6.07) is 16.9. The summed E-state index contributed by atoms with van der Waals surface area (Å²) in [7, 11) is -2.30. The van der Waals surface area contributed by atoms with E-state index in [4.69, 9.17) is 9.47 Å². The Morgan fingerprint density at radius 1 is 1.09 bits per heavy atom. The molecule has 4 rings (SSSR count). The van der Waals surface area contributed by atoms with Gasteiger partial charge in [-0.25, -0.2) is 8.42 Å². The molecule has 178 valence electrons. The lowest BCUT2D eigenvalue weighted by Crippen LogP contribution is -2.41. The van der Waals surface area contributed by atoms with Gasteiger partial charge in [-0.3, -0.25) is 9.59 Å². The fourth-order valence-corrected chi connectivity index (χ4v) is 6.68. The summed E-state index contributed by atoms with van der Waals surface area (Å²) in [6.07, 6.45) is 0.344. The fourth-order valence-electron chi connectivity index (χ4n) is 3.95. The molecule has 10 heteroatoms. The number of methoxy groups -OCH3 is 1. The number of anilines is 1. The van der Waals surface area contributed by atoms with E-state index in [1.54, 1.807) is 41.8 Å². The van der Waals surface area contributed by atoms with Gasteiger partial charge in [0.05, 0.1) is 25.3 Å². The number of rotatable bonds is 8. The smallest absolute Gasteiger partial charge is 0.308 e. The Bertz CT molecular complexity index is 1270. The molecule has 1 aromatic heterocycles. The molecule has 0 fully saturated rings. The van der Waals surface area contributed by atoms with Gasteiger partial charge < -0.3 is 14.8 Å². The van der Waals surface area contributed by atoms with E-state index >= 15 is 0 Å². The van der Waals surface area contributed by atoms with Crippen LogP contribution in [-0.4, -0.2) is 44.9 Å². The molecule has 8 nitrogen and oxygen atoms in total. The SMILES string of the molecule is COc1ccccc1NC(=O)COC(=O)CC1c2ccccc2CCN1S(=O)(=O)c1cccs1. The van der Waals surface area contributed by atoms with Crippen LogP contribution in [0.3, 0.4) is 0 Å². The minimum Gasteiger partial charge on any atom is -0.495 e. The monoisotopic (exact) mass is 500 g/mol. The summed E-state index contributed by atoms with van der Waals surface area (Å²) in [5.74, 6) is -0.705. The van der Waals surface area contributed by atoms with E-state index in [0.29, 0.717) is 17.9 Å². The van der Waals surface area contributed by atoms with Gasteiger partial charge in [0.25, 0.3) is 15.9 Å². The van der Waals surface area contributed by atoms with Crippen LogP contribution >= 0.6 is 11.3 Å². The third-order valence-corrected chi connectivity index (χ3v) is 8.81. The van der Waals surface area contributed by atoms with Crippen molar-refractivity contribution in [3.8, 4) is 5.75 Å². The number of hydrogen-bond donors (Lipinski definition) is 1. The van der Waals surface area contributed by atoms with Crippen LogP contribution in [0.4, 0.5) is 5.69 Å². The molecule has 0 spiro atoms. The predicted octanol–water partition coefficient (Wildman–Crippen LogP) is 3.62. The highest BCUT2D eigenvalue weighted by molar-refractivity contribution is 7.91. The molecule has 0 bridgehead atoms. The summed E-state index contributed by atoms with van der Waals surface area (Å²) in [6.45, 7) is -0.244. The van der Waals surface area contributed by atoms with E-state index in [0.717, 1.165) is 22.5 Å². The molecule has 1 amide bonds. The van der Waals surface area contributed by atoms with E-state index < -0.39 is 34.5 Å². The molecule has 0 radical (unpaired) electrons. The molecular formula is C24H24N2O6S2. The molecule has 2 aromatic carbocycles. The summed E-state index contributed by atoms with van der Waals surface area (Å²) in [4.78, 5) is 25.0. The highest BCUT2D eigenvalue weighted by Gasteiger charge is 2.38. The largest absolute Gasteiger partial charge is 0.495 e. The zero-order chi connectivity index (χ0) is 24.1. The molecular weight excluding hydrogens is 476 g/mol. The third kappa shape index (κ3) is 5.14. The van der Waals surface area contributed by atoms with E-state index in [-0.39, 0.29) is 17.2 Å². The van der Waals surface area contributed by atoms with E-state index in [1.807, 2.05) is 24.3 Å². The highest BCUT2D eigenvalue weighted by Crippen LogP contribution is 2.37. The van der Waals surface area contributed by atoms with Gasteiger partial charge in [0.2, 0.25) is 0 Å². The van der Waals surface area contributed by atoms with Crippen molar-refractivity contribution in [2.75, 3.05) is 25.6 Å². The summed E-state index contributed by atoms with van der Waals surface area (Å²) < 4.78 is 38.6. The Hall–Kier alpha value is -3.21. The second-order valence-corrected chi connectivity index (χ2v) is 10.7. The maximum atomic E-state index is 13.3. The Labute approximate surface area is 202 Å². The normalized spacial score (nSPS) is 15.9. The van der Waals surface area contributed by atoms with Crippen LogP contribution < -0.4 is 10.1 Å². The number of nitrogens with zero attached hydrogens (tertiary/aromatic N) is 1. The average Bonchev–Trinajstić information content (AvgIpc) is 3.39. The average molecular weight is 501 g/mol. The minimum absolute atomic E-state index is 0.205. The second-order valence-electron chi connectivity index (χ2n) is 7.63. The number of para-hydroxylation sites is 2. The predicted molar refractivity (Wildman–Crippen MR) is 128 cm³/mol. The van der Waals surface area contributed by atoms with Crippen molar-refractivity contribution in [2.45, 2.75) is 23.1 Å². The molecule has 2 heterocycles. The first-order valence-corrected chi connectivity index (χ1v) is 12.9. The number of esters is 1. The number of thiophene rings is 1. The van der Waals surface area contributed by atoms with Crippen LogP contribution in [0.25, 0.3) is 0 Å². The first kappa shape index (κ1) is 23.9. The Kier molecular flexibility index (Phi) is 7.30. The van der Waals surface area contributed by atoms with E-state index in [1.165, 1.54) is 11.4 Å². The number of hydrogen-bond acceptors (Lipinski definition) is 7. The van der Waals surface area contributed by atoms with Crippen LogP contribution in [0.1, 0.15) is 23.6 Å². The van der Waals surface area contributed by atoms with Gasteiger partial charge in [0.15, 0.2) is 6.61 Å². The topological polar surface area (TPSA) is 102 Å². The standard InChI is InChI=1S/C24H24N2O6S2/c1-31-21-10-5-4-9-19(21)25-22(27)16-32-23(28)15-20-18-8-3-2-7-17(18)12-13-26(20)34(29,30)24-11-6-14-33-24/h2-11,14,20H,12-13,15-16H2,1H3,(H,25,27). The van der Waals surface area contributed by atoms with Crippen molar-refractivity contribution < 1.29 is 27.5 Å². The van der Waals surface area contributed by atoms with E-state index in [2.05, 4.69) is 5.32 Å². The van der Waals surface area contributed by atoms with Crippen molar-refractivity contribution in [2.24, 2.45) is 0 Å². The number of fused-ring (bicyclic) bond motifs is 1. The zero-order valence-corrected chi connectivity index (χ0v) is 20.1. The molecule has 1 aliphatic rings. The van der Waals surface area contributed by atoms with Crippen molar-refractivity contribution >= 4 is 38.9 Å². The van der Waals surface area contributed by atoms with Gasteiger partial charge in [-0.15, -0.1) is 11.3 Å². The lowest BCUT2D eigenvalue weighted by molar-refractivity contribution is -0.148. The minimum atomic E-state index is -3.78. The fraction of sp³-hybridized carbons (Fsp3) is 0.250. The molecule has 3 aromatic rings. The van der Waals surface area contributed by atoms with Crippen molar-refractivity contribution in [3.63, 3.8) is 0 Å². The Morgan fingerprint density at radius 2 is 1.85 bits per heavy atom. The van der Waals surface area contributed by atoms with Gasteiger partial charge in [0, 0.05) is 6.54 Å². The van der Waals surface area contributed by atoms with Gasteiger partial charge in [-0.2, -0.15) is 4.31 Å². The van der Waals surface area contributed by atoms with Crippen molar-refractivity contribution in [3.05, 3.63) is 77.2 Å². The van der Waals surface area contributed by atoms with E-state index in [9.17, 15) is 18.0 Å². The Balaban J connectivity index is 1.47. The molecule has 1 aliphatic heterocycles. The molecule has 0 saturated heterocycles. The lowest BCUT2D eigenvalue weighted by Gasteiger charge is -2.35. The number of ether oxygens (including phenoxy) is 2. The summed E-state index contributed by atoms with van der Waals surface area (Å²) in [5, 5.41) is 4.34. The maximum Gasteiger partial charge on any atom is 0.308 e. The maximum absolute atomic E-state index is 13.3. The van der Waals surface area contributed by atoms with Gasteiger partial charge in [-0.05, 0) is 41.1 Å². The summed E-state index contributed by atoms with van der Waals surface area (Å²) >= 11 is 1.13. The molecule has 1 unspecified atom stereocenters. The van der Waals surface area contributed by atoms with Crippen LogP contribution in [0.5, 0.6) is 5.75 Å². The summed E-state index contributed by atoms with van der Waals surface area (Å²) in [5.41, 5.74) is 2.22. The number of nitrogens with one attached hydrogen (secondary N) is 1. The van der Waals surface area contributed by atoms with Crippen molar-refractivity contribution in [1.29, 1.82) is 0 Å². The number of sulfonamides is 1. The molecule has 1 atom stereocenters. The number of carbonyl (C=O) groups is 2. The van der Waals surface area contributed by atoms with Crippen molar-refractivity contribution in [1.82, 2.24) is 4.31 Å². The van der Waals surface area contributed by atoms with Crippen LogP contribution in [0.15, 0.2) is 70.3 Å². The zero-order valence-electron chi connectivity index (χ0n) is 18.5. The van der Waals surface area contributed by atoms with Gasteiger partial charge in [0.1, 0.15) is 9.96 Å². The van der Waals surface area contributed by atoms with Crippen LogP contribution in [-0.2, 0) is 30.8 Å². The second kappa shape index (κ2) is 10.4. The van der Waals surface area contributed by atoms with Gasteiger partial charge >= 0.3 is 5.97 Å². The lowest BCUT2D eigenvalue weighted by atomic mass is 9.92. The number of amides is 1. The third-order valence-electron chi connectivity index (χ3n) is 5.53. The highest BCUT2D eigenvalue weighted by atomic mass is 32.2. The van der Waals surface area contributed by atoms with Crippen LogP contribution in [0.2, 0.25) is 0 Å².